The molecule has 0 aromatic heterocycles. The monoisotopic (exact) mass is 305 g/mol. The molecule has 1 aromatic rings. The van der Waals surface area contributed by atoms with Crippen molar-refractivity contribution in [2.24, 2.45) is 0 Å². The van der Waals surface area contributed by atoms with Gasteiger partial charge in [-0.25, -0.2) is 0 Å². The van der Waals surface area contributed by atoms with E-state index in [4.69, 9.17) is 10.5 Å². The van der Waals surface area contributed by atoms with E-state index in [2.05, 4.69) is 4.90 Å². The highest BCUT2D eigenvalue weighted by atomic mass is 16.5. The Labute approximate surface area is 133 Å². The van der Waals surface area contributed by atoms with Crippen LogP contribution in [-0.2, 0) is 4.74 Å². The number of rotatable bonds is 5. The lowest BCUT2D eigenvalue weighted by Gasteiger charge is -2.35. The summed E-state index contributed by atoms with van der Waals surface area (Å²) in [6.07, 6.45) is 0.273. The Morgan fingerprint density at radius 1 is 1.27 bits per heavy atom. The molecule has 0 unspecified atom stereocenters. The van der Waals surface area contributed by atoms with Crippen LogP contribution in [0.2, 0.25) is 0 Å². The maximum atomic E-state index is 12.6. The first-order valence-corrected chi connectivity index (χ1v) is 7.96. The molecule has 122 valence electrons. The molecule has 1 aliphatic rings. The van der Waals surface area contributed by atoms with E-state index in [0.717, 1.165) is 50.5 Å². The number of carbonyl (C=O) groups is 1. The number of nitrogen functional groups attached to an aromatic ring is 1. The Kier molecular flexibility index (Phi) is 5.80. The lowest BCUT2D eigenvalue weighted by atomic mass is 10.1. The standard InChI is InChI=1S/C17H27N3O2/c1-13(2)22-11-10-19-6-8-20(9-7-19)17(21)16-12-15(18)5-4-14(16)3/h4-5,12-13H,6-11,18H2,1-3H3. The molecule has 5 nitrogen and oxygen atoms in total. The number of amides is 1. The number of aryl methyl sites for hydroxylation is 1. The molecule has 5 heteroatoms. The van der Waals surface area contributed by atoms with Crippen molar-refractivity contribution >= 4 is 11.6 Å². The fourth-order valence-corrected chi connectivity index (χ4v) is 2.63. The minimum Gasteiger partial charge on any atom is -0.399 e. The Balaban J connectivity index is 1.86. The normalized spacial score (nSPS) is 16.3. The third kappa shape index (κ3) is 4.45. The zero-order valence-corrected chi connectivity index (χ0v) is 13.8. The molecule has 22 heavy (non-hydrogen) atoms. The molecule has 1 amide bonds. The summed E-state index contributed by atoms with van der Waals surface area (Å²) >= 11 is 0. The average molecular weight is 305 g/mol. The van der Waals surface area contributed by atoms with Crippen LogP contribution in [0.4, 0.5) is 5.69 Å². The molecule has 1 fully saturated rings. The summed E-state index contributed by atoms with van der Waals surface area (Å²) in [4.78, 5) is 16.9. The number of carbonyl (C=O) groups excluding carboxylic acids is 1. The van der Waals surface area contributed by atoms with Crippen LogP contribution in [0.25, 0.3) is 0 Å². The van der Waals surface area contributed by atoms with Crippen LogP contribution in [0, 0.1) is 6.92 Å². The topological polar surface area (TPSA) is 58.8 Å². The SMILES string of the molecule is Cc1ccc(N)cc1C(=O)N1CCN(CCOC(C)C)CC1. The van der Waals surface area contributed by atoms with Gasteiger partial charge in [0.05, 0.1) is 12.7 Å². The van der Waals surface area contributed by atoms with Crippen molar-refractivity contribution in [3.8, 4) is 0 Å². The highest BCUT2D eigenvalue weighted by molar-refractivity contribution is 5.96. The van der Waals surface area contributed by atoms with Gasteiger partial charge in [-0.2, -0.15) is 0 Å². The van der Waals surface area contributed by atoms with E-state index in [1.807, 2.05) is 37.8 Å². The number of nitrogens with two attached hydrogens (primary N) is 1. The van der Waals surface area contributed by atoms with E-state index in [1.54, 1.807) is 6.07 Å². The Hall–Kier alpha value is -1.59. The van der Waals surface area contributed by atoms with Crippen molar-refractivity contribution < 1.29 is 9.53 Å². The Bertz CT molecular complexity index is 509. The first-order valence-electron chi connectivity index (χ1n) is 7.96. The summed E-state index contributed by atoms with van der Waals surface area (Å²) in [5.74, 6) is 0.0860. The minimum absolute atomic E-state index is 0.0860. The Morgan fingerprint density at radius 2 is 1.95 bits per heavy atom. The van der Waals surface area contributed by atoms with Crippen molar-refractivity contribution in [2.45, 2.75) is 26.9 Å². The molecule has 0 bridgehead atoms. The summed E-state index contributed by atoms with van der Waals surface area (Å²) < 4.78 is 5.58. The quantitative estimate of drug-likeness (QED) is 0.842. The molecule has 0 spiro atoms. The molecule has 0 atom stereocenters. The molecule has 1 aliphatic heterocycles. The zero-order valence-electron chi connectivity index (χ0n) is 13.8. The highest BCUT2D eigenvalue weighted by Crippen LogP contribution is 2.16. The third-order valence-electron chi connectivity index (χ3n) is 4.01. The number of hydrogen-bond donors (Lipinski definition) is 1. The van der Waals surface area contributed by atoms with Gasteiger partial charge in [0.15, 0.2) is 0 Å². The van der Waals surface area contributed by atoms with Crippen molar-refractivity contribution in [1.29, 1.82) is 0 Å². The molecule has 1 saturated heterocycles. The van der Waals surface area contributed by atoms with Gasteiger partial charge in [-0.1, -0.05) is 6.07 Å². The molecule has 1 heterocycles. The van der Waals surface area contributed by atoms with Crippen molar-refractivity contribution in [2.75, 3.05) is 45.1 Å². The summed E-state index contributed by atoms with van der Waals surface area (Å²) in [6, 6.07) is 5.52. The number of nitrogens with zero attached hydrogens (tertiary/aromatic N) is 2. The number of piperazine rings is 1. The van der Waals surface area contributed by atoms with Crippen molar-refractivity contribution in [1.82, 2.24) is 9.80 Å². The van der Waals surface area contributed by atoms with E-state index in [-0.39, 0.29) is 12.0 Å². The number of benzene rings is 1. The van der Waals surface area contributed by atoms with Gasteiger partial charge in [0, 0.05) is 44.0 Å². The highest BCUT2D eigenvalue weighted by Gasteiger charge is 2.23. The molecule has 0 aliphatic carbocycles. The lowest BCUT2D eigenvalue weighted by Crippen LogP contribution is -2.49. The Morgan fingerprint density at radius 3 is 2.59 bits per heavy atom. The summed E-state index contributed by atoms with van der Waals surface area (Å²) in [7, 11) is 0. The van der Waals surface area contributed by atoms with Crippen LogP contribution in [0.1, 0.15) is 29.8 Å². The van der Waals surface area contributed by atoms with Gasteiger partial charge in [0.25, 0.3) is 5.91 Å². The fraction of sp³-hybridized carbons (Fsp3) is 0.588. The molecule has 0 saturated carbocycles. The third-order valence-corrected chi connectivity index (χ3v) is 4.01. The number of ether oxygens (including phenoxy) is 1. The van der Waals surface area contributed by atoms with Crippen molar-refractivity contribution in [3.05, 3.63) is 29.3 Å². The molecule has 2 rings (SSSR count). The van der Waals surface area contributed by atoms with Crippen LogP contribution in [-0.4, -0.2) is 61.1 Å². The summed E-state index contributed by atoms with van der Waals surface area (Å²) in [6.45, 7) is 11.0. The first kappa shape index (κ1) is 16.8. The van der Waals surface area contributed by atoms with Gasteiger partial charge in [0.1, 0.15) is 0 Å². The number of hydrogen-bond acceptors (Lipinski definition) is 4. The molecule has 1 aromatic carbocycles. The lowest BCUT2D eigenvalue weighted by molar-refractivity contribution is 0.0406. The molecular weight excluding hydrogens is 278 g/mol. The van der Waals surface area contributed by atoms with Gasteiger partial charge < -0.3 is 15.4 Å². The maximum absolute atomic E-state index is 12.6. The van der Waals surface area contributed by atoms with E-state index >= 15 is 0 Å². The van der Waals surface area contributed by atoms with E-state index < -0.39 is 0 Å². The minimum atomic E-state index is 0.0860. The van der Waals surface area contributed by atoms with Crippen molar-refractivity contribution in [3.63, 3.8) is 0 Å². The van der Waals surface area contributed by atoms with Gasteiger partial charge in [0.2, 0.25) is 0 Å². The van der Waals surface area contributed by atoms with Crippen LogP contribution >= 0.6 is 0 Å². The summed E-state index contributed by atoms with van der Waals surface area (Å²) in [5, 5.41) is 0. The predicted molar refractivity (Wildman–Crippen MR) is 89.0 cm³/mol. The predicted octanol–water partition coefficient (Wildman–Crippen LogP) is 1.76. The summed E-state index contributed by atoms with van der Waals surface area (Å²) in [5.41, 5.74) is 8.14. The van der Waals surface area contributed by atoms with E-state index in [1.165, 1.54) is 0 Å². The van der Waals surface area contributed by atoms with E-state index in [0.29, 0.717) is 5.69 Å². The van der Waals surface area contributed by atoms with Gasteiger partial charge in [-0.05, 0) is 38.5 Å². The second-order valence-corrected chi connectivity index (χ2v) is 6.13. The smallest absolute Gasteiger partial charge is 0.254 e. The van der Waals surface area contributed by atoms with Crippen LogP contribution in [0.15, 0.2) is 18.2 Å². The van der Waals surface area contributed by atoms with Gasteiger partial charge >= 0.3 is 0 Å². The average Bonchev–Trinajstić information content (AvgIpc) is 2.49. The second kappa shape index (κ2) is 7.61. The van der Waals surface area contributed by atoms with Crippen LogP contribution in [0.5, 0.6) is 0 Å². The largest absolute Gasteiger partial charge is 0.399 e. The second-order valence-electron chi connectivity index (χ2n) is 6.13. The zero-order chi connectivity index (χ0) is 16.1. The fourth-order valence-electron chi connectivity index (χ4n) is 2.63. The van der Waals surface area contributed by atoms with Crippen LogP contribution in [0.3, 0.4) is 0 Å². The first-order chi connectivity index (χ1) is 10.5. The molecule has 2 N–H and O–H groups in total. The van der Waals surface area contributed by atoms with Gasteiger partial charge in [-0.15, -0.1) is 0 Å². The van der Waals surface area contributed by atoms with Gasteiger partial charge in [-0.3, -0.25) is 9.69 Å². The molecular formula is C17H27N3O2. The van der Waals surface area contributed by atoms with E-state index in [9.17, 15) is 4.79 Å². The number of anilines is 1. The maximum Gasteiger partial charge on any atom is 0.254 e. The molecule has 0 radical (unpaired) electrons. The van der Waals surface area contributed by atoms with Crippen LogP contribution < -0.4 is 5.73 Å².